The highest BCUT2D eigenvalue weighted by molar-refractivity contribution is 6.02. The van der Waals surface area contributed by atoms with Crippen LogP contribution in [0.2, 0.25) is 0 Å². The highest BCUT2D eigenvalue weighted by Gasteiger charge is 2.37. The van der Waals surface area contributed by atoms with Crippen molar-refractivity contribution in [2.75, 3.05) is 48.8 Å². The third kappa shape index (κ3) is 5.78. The van der Waals surface area contributed by atoms with Crippen molar-refractivity contribution >= 4 is 29.1 Å². The molecule has 2 aromatic rings. The van der Waals surface area contributed by atoms with Gasteiger partial charge in [-0.2, -0.15) is 0 Å². The van der Waals surface area contributed by atoms with Crippen LogP contribution in [0.3, 0.4) is 0 Å². The molecule has 1 aliphatic carbocycles. The first-order chi connectivity index (χ1) is 18.8. The van der Waals surface area contributed by atoms with E-state index in [1.54, 1.807) is 12.3 Å². The van der Waals surface area contributed by atoms with Crippen molar-refractivity contribution in [1.82, 2.24) is 20.5 Å². The van der Waals surface area contributed by atoms with E-state index < -0.39 is 5.66 Å². The van der Waals surface area contributed by atoms with Crippen LogP contribution < -0.4 is 26.2 Å². The van der Waals surface area contributed by atoms with Gasteiger partial charge in [0.2, 0.25) is 5.96 Å². The van der Waals surface area contributed by atoms with Gasteiger partial charge in [-0.25, -0.2) is 9.98 Å². The van der Waals surface area contributed by atoms with E-state index in [1.165, 1.54) is 11.3 Å². The van der Waals surface area contributed by atoms with Crippen LogP contribution in [0, 0.1) is 0 Å². The van der Waals surface area contributed by atoms with E-state index in [-0.39, 0.29) is 5.91 Å². The minimum atomic E-state index is -1.04. The van der Waals surface area contributed by atoms with Gasteiger partial charge in [0.05, 0.1) is 5.57 Å². The Bertz CT molecular complexity index is 1290. The maximum absolute atomic E-state index is 13.1. The largest absolute Gasteiger partial charge is 0.369 e. The summed E-state index contributed by atoms with van der Waals surface area (Å²) in [5.74, 6) is 1.44. The summed E-state index contributed by atoms with van der Waals surface area (Å²) in [6.45, 7) is 13.5. The fourth-order valence-corrected chi connectivity index (χ4v) is 5.45. The summed E-state index contributed by atoms with van der Waals surface area (Å²) < 4.78 is 0. The number of nitrogens with zero attached hydrogens (tertiary/aromatic N) is 4. The first-order valence-corrected chi connectivity index (χ1v) is 13.8. The number of nitrogens with one attached hydrogen (secondary N) is 4. The van der Waals surface area contributed by atoms with Gasteiger partial charge in [-0.05, 0) is 75.5 Å². The molecule has 5 rings (SSSR count). The number of guanidine groups is 1. The number of hydrogen-bond donors (Lipinski definition) is 4. The Kier molecular flexibility index (Phi) is 7.61. The van der Waals surface area contributed by atoms with Crippen molar-refractivity contribution in [3.63, 3.8) is 0 Å². The van der Waals surface area contributed by atoms with Gasteiger partial charge in [-0.1, -0.05) is 19.1 Å². The second-order valence-electron chi connectivity index (χ2n) is 11.0. The summed E-state index contributed by atoms with van der Waals surface area (Å²) in [7, 11) is 2.18. The van der Waals surface area contributed by atoms with Crippen molar-refractivity contribution in [3.05, 3.63) is 72.1 Å². The molecule has 4 N–H and O–H groups in total. The standard InChI is InChI=1S/C30H40N8O/c1-6-15-31-28(39)25-18-32-29(33-23-10-12-24(13-11-23)38-17-16-37(5)21(3)19-38)36-30(25,4)35-26-14-9-22-8-7-20(2)27(22)34-26/h6,9-14,18,20-21H,1,7-8,15-17,19H2,2-5H3,(H,31,39)(H,34,35)(H2,32,33,36)/t20?,21-,30?/m1/s1. The molecule has 3 heterocycles. The van der Waals surface area contributed by atoms with E-state index in [9.17, 15) is 4.79 Å². The third-order valence-corrected chi connectivity index (χ3v) is 8.02. The second-order valence-corrected chi connectivity index (χ2v) is 11.0. The lowest BCUT2D eigenvalue weighted by Gasteiger charge is -2.39. The Hall–Kier alpha value is -3.85. The molecule has 206 valence electrons. The molecule has 9 heteroatoms. The Balaban J connectivity index is 1.35. The molecule has 3 aliphatic rings. The molecule has 3 atom stereocenters. The smallest absolute Gasteiger partial charge is 0.253 e. The maximum Gasteiger partial charge on any atom is 0.253 e. The normalized spacial score (nSPS) is 24.7. The van der Waals surface area contributed by atoms with Crippen LogP contribution in [0.25, 0.3) is 0 Å². The average Bonchev–Trinajstić information content (AvgIpc) is 3.29. The molecule has 2 unspecified atom stereocenters. The molecule has 39 heavy (non-hydrogen) atoms. The summed E-state index contributed by atoms with van der Waals surface area (Å²) in [5.41, 5.74) is 3.96. The topological polar surface area (TPSA) is 96.9 Å². The van der Waals surface area contributed by atoms with E-state index >= 15 is 0 Å². The van der Waals surface area contributed by atoms with Crippen molar-refractivity contribution in [2.24, 2.45) is 4.99 Å². The molecule has 1 saturated heterocycles. The molecular formula is C30H40N8O. The number of fused-ring (bicyclic) bond motifs is 1. The van der Waals surface area contributed by atoms with Crippen molar-refractivity contribution in [3.8, 4) is 0 Å². The summed E-state index contributed by atoms with van der Waals surface area (Å²) >= 11 is 0. The van der Waals surface area contributed by atoms with E-state index in [4.69, 9.17) is 9.98 Å². The van der Waals surface area contributed by atoms with Crippen molar-refractivity contribution in [2.45, 2.75) is 51.2 Å². The molecule has 0 saturated carbocycles. The highest BCUT2D eigenvalue weighted by atomic mass is 16.1. The van der Waals surface area contributed by atoms with Crippen LogP contribution in [0.4, 0.5) is 17.2 Å². The number of amides is 1. The number of benzene rings is 1. The first kappa shape index (κ1) is 26.7. The van der Waals surface area contributed by atoms with Gasteiger partial charge in [0.25, 0.3) is 5.91 Å². The number of carbonyl (C=O) groups is 1. The Morgan fingerprint density at radius 3 is 2.74 bits per heavy atom. The van der Waals surface area contributed by atoms with E-state index in [0.29, 0.717) is 35.9 Å². The number of piperazine rings is 1. The zero-order valence-corrected chi connectivity index (χ0v) is 23.4. The number of rotatable bonds is 7. The van der Waals surface area contributed by atoms with Crippen LogP contribution in [0.5, 0.6) is 0 Å². The van der Waals surface area contributed by atoms with Crippen LogP contribution in [0.1, 0.15) is 44.4 Å². The SMILES string of the molecule is C=CCNC(=O)C1=CNC(Nc2ccc(N3CCN(C)[C@H](C)C3)cc2)=NC1(C)Nc1ccc2c(n1)C(C)CC2. The molecule has 1 fully saturated rings. The molecule has 0 bridgehead atoms. The number of aromatic nitrogens is 1. The lowest BCUT2D eigenvalue weighted by molar-refractivity contribution is -0.117. The van der Waals surface area contributed by atoms with Crippen LogP contribution in [-0.2, 0) is 11.2 Å². The minimum Gasteiger partial charge on any atom is -0.369 e. The Morgan fingerprint density at radius 1 is 1.21 bits per heavy atom. The van der Waals surface area contributed by atoms with Crippen molar-refractivity contribution in [1.29, 1.82) is 0 Å². The molecule has 2 aliphatic heterocycles. The fourth-order valence-electron chi connectivity index (χ4n) is 5.45. The van der Waals surface area contributed by atoms with E-state index in [1.807, 2.05) is 13.0 Å². The monoisotopic (exact) mass is 528 g/mol. The van der Waals surface area contributed by atoms with Gasteiger partial charge >= 0.3 is 0 Å². The highest BCUT2D eigenvalue weighted by Crippen LogP contribution is 2.33. The fraction of sp³-hybridized carbons (Fsp3) is 0.433. The Labute approximate surface area is 231 Å². The molecule has 1 amide bonds. The van der Waals surface area contributed by atoms with Gasteiger partial charge in [0, 0.05) is 55.5 Å². The van der Waals surface area contributed by atoms with Crippen LogP contribution in [-0.4, -0.2) is 66.7 Å². The number of hydrogen-bond acceptors (Lipinski definition) is 8. The molecule has 0 radical (unpaired) electrons. The van der Waals surface area contributed by atoms with Gasteiger partial charge in [-0.3, -0.25) is 4.79 Å². The number of pyridine rings is 1. The number of anilines is 3. The zero-order valence-electron chi connectivity index (χ0n) is 23.4. The molecule has 1 aromatic heterocycles. The summed E-state index contributed by atoms with van der Waals surface area (Å²) in [5, 5.41) is 12.9. The number of likely N-dealkylation sites (N-methyl/N-ethyl adjacent to an activating group) is 1. The summed E-state index contributed by atoms with van der Waals surface area (Å²) in [4.78, 5) is 27.7. The average molecular weight is 529 g/mol. The maximum atomic E-state index is 13.1. The molecule has 9 nitrogen and oxygen atoms in total. The second kappa shape index (κ2) is 11.1. The van der Waals surface area contributed by atoms with Crippen molar-refractivity contribution < 1.29 is 4.79 Å². The predicted molar refractivity (Wildman–Crippen MR) is 159 cm³/mol. The van der Waals surface area contributed by atoms with E-state index in [2.05, 4.69) is 88.9 Å². The molecule has 0 spiro atoms. The lowest BCUT2D eigenvalue weighted by atomic mass is 10.0. The van der Waals surface area contributed by atoms with E-state index in [0.717, 1.165) is 43.9 Å². The minimum absolute atomic E-state index is 0.222. The third-order valence-electron chi connectivity index (χ3n) is 8.02. The van der Waals surface area contributed by atoms with Crippen LogP contribution >= 0.6 is 0 Å². The summed E-state index contributed by atoms with van der Waals surface area (Å²) in [6.07, 6.45) is 5.53. The number of aryl methyl sites for hydroxylation is 1. The van der Waals surface area contributed by atoms with Gasteiger partial charge < -0.3 is 31.1 Å². The Morgan fingerprint density at radius 2 is 2.00 bits per heavy atom. The zero-order chi connectivity index (χ0) is 27.6. The summed E-state index contributed by atoms with van der Waals surface area (Å²) in [6, 6.07) is 13.0. The van der Waals surface area contributed by atoms with Crippen LogP contribution in [0.15, 0.2) is 65.8 Å². The first-order valence-electron chi connectivity index (χ1n) is 13.8. The quantitative estimate of drug-likeness (QED) is 0.408. The lowest BCUT2D eigenvalue weighted by Crippen LogP contribution is -2.50. The molecule has 1 aromatic carbocycles. The molecular weight excluding hydrogens is 488 g/mol. The predicted octanol–water partition coefficient (Wildman–Crippen LogP) is 3.66. The van der Waals surface area contributed by atoms with Gasteiger partial charge in [0.15, 0.2) is 5.66 Å². The number of carbonyl (C=O) groups excluding carboxylic acids is 1. The van der Waals surface area contributed by atoms with Gasteiger partial charge in [-0.15, -0.1) is 6.58 Å². The van der Waals surface area contributed by atoms with Gasteiger partial charge in [0.1, 0.15) is 5.82 Å². The number of aliphatic imine (C=N–C) groups is 1.